The van der Waals surface area contributed by atoms with Gasteiger partial charge in [0.2, 0.25) is 0 Å². The summed E-state index contributed by atoms with van der Waals surface area (Å²) in [5.74, 6) is 0.726. The van der Waals surface area contributed by atoms with Crippen LogP contribution in [0.4, 0.5) is 0 Å². The average Bonchev–Trinajstić information content (AvgIpc) is 2.90. The number of rotatable bonds is 4. The van der Waals surface area contributed by atoms with E-state index in [1.54, 1.807) is 11.3 Å². The number of halogens is 2. The van der Waals surface area contributed by atoms with Crippen molar-refractivity contribution >= 4 is 44.8 Å². The predicted octanol–water partition coefficient (Wildman–Crippen LogP) is 4.63. The largest absolute Gasteiger partial charge is 0.295 e. The van der Waals surface area contributed by atoms with Crippen LogP contribution < -0.4 is 0 Å². The number of thiophene rings is 1. The van der Waals surface area contributed by atoms with E-state index in [-0.39, 0.29) is 0 Å². The van der Waals surface area contributed by atoms with E-state index in [9.17, 15) is 0 Å². The Morgan fingerprint density at radius 2 is 1.90 bits per heavy atom. The zero-order valence-electron chi connectivity index (χ0n) is 11.4. The third kappa shape index (κ3) is 3.35. The summed E-state index contributed by atoms with van der Waals surface area (Å²) in [7, 11) is 2.01. The van der Waals surface area contributed by atoms with Crippen molar-refractivity contribution in [2.24, 2.45) is 0 Å². The van der Waals surface area contributed by atoms with E-state index in [4.69, 9.17) is 23.2 Å². The number of aromatic nitrogens is 2. The summed E-state index contributed by atoms with van der Waals surface area (Å²) in [5.41, 5.74) is 1.09. The average molecular weight is 338 g/mol. The standard InChI is InChI=1S/C15H13Cl2N3S/c1-20(8-10-4-2-3-5-12(10)16)9-13-18-14(17)11-6-7-21-15(11)19-13/h2-7H,8-9H2,1H3. The van der Waals surface area contributed by atoms with Gasteiger partial charge in [0.1, 0.15) is 15.8 Å². The number of hydrogen-bond acceptors (Lipinski definition) is 4. The molecule has 0 saturated heterocycles. The van der Waals surface area contributed by atoms with Crippen LogP contribution in [0.2, 0.25) is 10.2 Å². The van der Waals surface area contributed by atoms with Gasteiger partial charge in [0.15, 0.2) is 0 Å². The van der Waals surface area contributed by atoms with Crippen molar-refractivity contribution in [2.45, 2.75) is 13.1 Å². The molecular weight excluding hydrogens is 325 g/mol. The molecule has 2 heterocycles. The van der Waals surface area contributed by atoms with Crippen LogP contribution >= 0.6 is 34.5 Å². The fourth-order valence-electron chi connectivity index (χ4n) is 2.15. The third-order valence-electron chi connectivity index (χ3n) is 3.13. The molecule has 21 heavy (non-hydrogen) atoms. The highest BCUT2D eigenvalue weighted by molar-refractivity contribution is 7.16. The topological polar surface area (TPSA) is 29.0 Å². The minimum absolute atomic E-state index is 0.516. The van der Waals surface area contributed by atoms with Gasteiger partial charge in [-0.1, -0.05) is 41.4 Å². The number of benzene rings is 1. The van der Waals surface area contributed by atoms with Crippen LogP contribution in [0.1, 0.15) is 11.4 Å². The molecule has 108 valence electrons. The fraction of sp³-hybridized carbons (Fsp3) is 0.200. The van der Waals surface area contributed by atoms with Gasteiger partial charge in [-0.15, -0.1) is 11.3 Å². The first-order chi connectivity index (χ1) is 10.1. The van der Waals surface area contributed by atoms with E-state index in [2.05, 4.69) is 14.9 Å². The Morgan fingerprint density at radius 3 is 2.71 bits per heavy atom. The molecule has 0 aliphatic rings. The summed E-state index contributed by atoms with van der Waals surface area (Å²) >= 11 is 13.9. The van der Waals surface area contributed by atoms with Crippen molar-refractivity contribution in [3.8, 4) is 0 Å². The quantitative estimate of drug-likeness (QED) is 0.650. The molecule has 0 spiro atoms. The van der Waals surface area contributed by atoms with Crippen molar-refractivity contribution in [2.75, 3.05) is 7.05 Å². The maximum Gasteiger partial charge on any atom is 0.145 e. The molecule has 0 N–H and O–H groups in total. The number of fused-ring (bicyclic) bond motifs is 1. The van der Waals surface area contributed by atoms with Gasteiger partial charge < -0.3 is 0 Å². The highest BCUT2D eigenvalue weighted by atomic mass is 35.5. The highest BCUT2D eigenvalue weighted by Crippen LogP contribution is 2.25. The Labute approximate surface area is 137 Å². The van der Waals surface area contributed by atoms with Crippen molar-refractivity contribution in [1.29, 1.82) is 0 Å². The summed E-state index contributed by atoms with van der Waals surface area (Å²) in [4.78, 5) is 12.0. The molecule has 0 amide bonds. The molecule has 6 heteroatoms. The third-order valence-corrected chi connectivity index (χ3v) is 4.60. The first kappa shape index (κ1) is 14.7. The Balaban J connectivity index is 1.77. The van der Waals surface area contributed by atoms with Gasteiger partial charge in [-0.25, -0.2) is 9.97 Å². The summed E-state index contributed by atoms with van der Waals surface area (Å²) in [6.45, 7) is 1.36. The van der Waals surface area contributed by atoms with Crippen LogP contribution in [0.3, 0.4) is 0 Å². The van der Waals surface area contributed by atoms with E-state index in [0.717, 1.165) is 33.2 Å². The van der Waals surface area contributed by atoms with Crippen molar-refractivity contribution in [3.05, 3.63) is 57.3 Å². The molecule has 1 aromatic carbocycles. The van der Waals surface area contributed by atoms with E-state index in [1.807, 2.05) is 42.8 Å². The van der Waals surface area contributed by atoms with Gasteiger partial charge >= 0.3 is 0 Å². The van der Waals surface area contributed by atoms with E-state index in [0.29, 0.717) is 11.7 Å². The molecule has 0 bridgehead atoms. The molecule has 3 nitrogen and oxygen atoms in total. The summed E-state index contributed by atoms with van der Waals surface area (Å²) < 4.78 is 0. The minimum atomic E-state index is 0.516. The van der Waals surface area contributed by atoms with Crippen LogP contribution in [-0.2, 0) is 13.1 Å². The molecule has 2 aromatic heterocycles. The lowest BCUT2D eigenvalue weighted by Crippen LogP contribution is -2.19. The van der Waals surface area contributed by atoms with Crippen LogP contribution in [-0.4, -0.2) is 21.9 Å². The van der Waals surface area contributed by atoms with Gasteiger partial charge in [-0.05, 0) is 30.1 Å². The fourth-order valence-corrected chi connectivity index (χ4v) is 3.43. The molecule has 0 aliphatic carbocycles. The second-order valence-electron chi connectivity index (χ2n) is 4.83. The molecule has 3 aromatic rings. The lowest BCUT2D eigenvalue weighted by molar-refractivity contribution is 0.311. The molecule has 0 saturated carbocycles. The van der Waals surface area contributed by atoms with Gasteiger partial charge in [0.05, 0.1) is 6.54 Å². The van der Waals surface area contributed by atoms with Crippen molar-refractivity contribution < 1.29 is 0 Å². The van der Waals surface area contributed by atoms with Crippen LogP contribution in [0, 0.1) is 0 Å². The lowest BCUT2D eigenvalue weighted by atomic mass is 10.2. The minimum Gasteiger partial charge on any atom is -0.295 e. The molecule has 0 radical (unpaired) electrons. The smallest absolute Gasteiger partial charge is 0.145 e. The second kappa shape index (κ2) is 6.28. The predicted molar refractivity (Wildman–Crippen MR) is 89.0 cm³/mol. The Kier molecular flexibility index (Phi) is 4.40. The Bertz CT molecular complexity index is 772. The van der Waals surface area contributed by atoms with Gasteiger partial charge in [-0.3, -0.25) is 4.90 Å². The lowest BCUT2D eigenvalue weighted by Gasteiger charge is -2.16. The zero-order valence-corrected chi connectivity index (χ0v) is 13.7. The van der Waals surface area contributed by atoms with Crippen LogP contribution in [0.5, 0.6) is 0 Å². The Hall–Kier alpha value is -1.20. The first-order valence-corrected chi connectivity index (χ1v) is 8.08. The molecule has 0 unspecified atom stereocenters. The highest BCUT2D eigenvalue weighted by Gasteiger charge is 2.10. The Morgan fingerprint density at radius 1 is 1.10 bits per heavy atom. The molecule has 0 atom stereocenters. The monoisotopic (exact) mass is 337 g/mol. The zero-order chi connectivity index (χ0) is 14.8. The van der Waals surface area contributed by atoms with Gasteiger partial charge in [0.25, 0.3) is 0 Å². The molecule has 3 rings (SSSR count). The van der Waals surface area contributed by atoms with Gasteiger partial charge in [0, 0.05) is 17.0 Å². The SMILES string of the molecule is CN(Cc1nc(Cl)c2ccsc2n1)Cc1ccccc1Cl. The van der Waals surface area contributed by atoms with Crippen LogP contribution in [0.25, 0.3) is 10.2 Å². The van der Waals surface area contributed by atoms with Gasteiger partial charge in [-0.2, -0.15) is 0 Å². The van der Waals surface area contributed by atoms with E-state index >= 15 is 0 Å². The summed E-state index contributed by atoms with van der Waals surface area (Å²) in [5, 5.41) is 4.18. The van der Waals surface area contributed by atoms with Crippen molar-refractivity contribution in [1.82, 2.24) is 14.9 Å². The van der Waals surface area contributed by atoms with Crippen molar-refractivity contribution in [3.63, 3.8) is 0 Å². The maximum absolute atomic E-state index is 6.19. The molecular formula is C15H13Cl2N3S. The maximum atomic E-state index is 6.19. The summed E-state index contributed by atoms with van der Waals surface area (Å²) in [6.07, 6.45) is 0. The summed E-state index contributed by atoms with van der Waals surface area (Å²) in [6, 6.07) is 9.78. The van der Waals surface area contributed by atoms with E-state index < -0.39 is 0 Å². The number of hydrogen-bond donors (Lipinski definition) is 0. The molecule has 0 fully saturated rings. The van der Waals surface area contributed by atoms with E-state index in [1.165, 1.54) is 0 Å². The normalized spacial score (nSPS) is 11.4. The van der Waals surface area contributed by atoms with Crippen LogP contribution in [0.15, 0.2) is 35.7 Å². The number of nitrogens with zero attached hydrogens (tertiary/aromatic N) is 3. The first-order valence-electron chi connectivity index (χ1n) is 6.45. The molecule has 0 aliphatic heterocycles. The second-order valence-corrected chi connectivity index (χ2v) is 6.49.